The van der Waals surface area contributed by atoms with Crippen LogP contribution in [0.15, 0.2) is 17.1 Å². The number of rotatable bonds is 6. The Balaban J connectivity index is 1.64. The molecule has 3 heterocycles. The molecule has 1 amide bonds. The van der Waals surface area contributed by atoms with Crippen molar-refractivity contribution in [2.45, 2.75) is 39.7 Å². The molecule has 0 aromatic carbocycles. The van der Waals surface area contributed by atoms with Gasteiger partial charge in [0.25, 0.3) is 5.56 Å². The third-order valence-electron chi connectivity index (χ3n) is 4.55. The topological polar surface area (TPSA) is 105 Å². The average molecular weight is 374 g/mol. The van der Waals surface area contributed by atoms with Gasteiger partial charge >= 0.3 is 0 Å². The van der Waals surface area contributed by atoms with Gasteiger partial charge in [0.15, 0.2) is 0 Å². The number of aryl methyl sites for hydroxylation is 1. The first-order valence-electron chi connectivity index (χ1n) is 9.21. The number of amides is 1. The fraction of sp³-hybridized carbons (Fsp3) is 0.556. The van der Waals surface area contributed by atoms with Crippen LogP contribution in [0.4, 0.5) is 11.8 Å². The van der Waals surface area contributed by atoms with E-state index >= 15 is 0 Å². The Kier molecular flexibility index (Phi) is 5.90. The maximum absolute atomic E-state index is 12.5. The fourth-order valence-corrected chi connectivity index (χ4v) is 3.08. The van der Waals surface area contributed by atoms with Crippen molar-refractivity contribution in [3.63, 3.8) is 0 Å². The second-order valence-electron chi connectivity index (χ2n) is 6.86. The maximum Gasteiger partial charge on any atom is 0.255 e. The minimum Gasteiger partial charge on any atom is -0.378 e. The van der Waals surface area contributed by atoms with Crippen LogP contribution in [-0.2, 0) is 16.0 Å². The molecule has 2 aromatic heterocycles. The van der Waals surface area contributed by atoms with Crippen LogP contribution < -0.4 is 15.8 Å². The molecule has 0 saturated carbocycles. The van der Waals surface area contributed by atoms with Crippen LogP contribution in [0.2, 0.25) is 0 Å². The van der Waals surface area contributed by atoms with E-state index in [4.69, 9.17) is 4.74 Å². The zero-order valence-corrected chi connectivity index (χ0v) is 16.0. The molecule has 0 atom stereocenters. The van der Waals surface area contributed by atoms with E-state index in [9.17, 15) is 9.59 Å². The summed E-state index contributed by atoms with van der Waals surface area (Å²) < 4.78 is 7.07. The fourth-order valence-electron chi connectivity index (χ4n) is 3.08. The summed E-state index contributed by atoms with van der Waals surface area (Å²) in [5.74, 6) is 1.06. The van der Waals surface area contributed by atoms with E-state index in [1.807, 2.05) is 18.7 Å². The number of H-pyrrole nitrogens is 1. The monoisotopic (exact) mass is 374 g/mol. The van der Waals surface area contributed by atoms with Crippen LogP contribution in [-0.4, -0.2) is 52.0 Å². The summed E-state index contributed by atoms with van der Waals surface area (Å²) >= 11 is 0. The molecule has 2 N–H and O–H groups in total. The summed E-state index contributed by atoms with van der Waals surface area (Å²) in [6.07, 6.45) is 2.18. The smallest absolute Gasteiger partial charge is 0.255 e. The van der Waals surface area contributed by atoms with Crippen molar-refractivity contribution >= 4 is 17.7 Å². The Labute approximate surface area is 157 Å². The number of hydrogen-bond acceptors (Lipinski definition) is 6. The van der Waals surface area contributed by atoms with E-state index in [1.54, 1.807) is 23.9 Å². The number of carbonyl (C=O) groups excluding carboxylic acids is 1. The Morgan fingerprint density at radius 3 is 2.78 bits per heavy atom. The maximum atomic E-state index is 12.5. The van der Waals surface area contributed by atoms with Gasteiger partial charge in [-0.1, -0.05) is 0 Å². The standard InChI is InChI=1S/C18H26N6O3/c1-12(2)24-15(6-7-19-24)21-16(25)5-4-14-13(3)20-18(22-17(14)26)23-8-10-27-11-9-23/h6-7,12H,4-5,8-11H2,1-3H3,(H,21,25)(H,20,22,26). The van der Waals surface area contributed by atoms with E-state index in [2.05, 4.69) is 20.4 Å². The van der Waals surface area contributed by atoms with Gasteiger partial charge in [0, 0.05) is 42.9 Å². The van der Waals surface area contributed by atoms with Crippen LogP contribution in [0.5, 0.6) is 0 Å². The number of aromatic amines is 1. The molecule has 0 aliphatic carbocycles. The number of morpholine rings is 1. The summed E-state index contributed by atoms with van der Waals surface area (Å²) in [5, 5.41) is 7.04. The van der Waals surface area contributed by atoms with Crippen molar-refractivity contribution in [3.8, 4) is 0 Å². The lowest BCUT2D eigenvalue weighted by Gasteiger charge is -2.27. The summed E-state index contributed by atoms with van der Waals surface area (Å²) in [4.78, 5) is 34.1. The first kappa shape index (κ1) is 19.1. The van der Waals surface area contributed by atoms with Crippen molar-refractivity contribution in [2.75, 3.05) is 36.5 Å². The van der Waals surface area contributed by atoms with Gasteiger partial charge in [0.05, 0.1) is 19.4 Å². The van der Waals surface area contributed by atoms with Crippen LogP contribution in [0.3, 0.4) is 0 Å². The zero-order valence-electron chi connectivity index (χ0n) is 16.0. The molecule has 1 aliphatic rings. The van der Waals surface area contributed by atoms with Gasteiger partial charge < -0.3 is 15.0 Å². The van der Waals surface area contributed by atoms with Gasteiger partial charge in [-0.25, -0.2) is 9.67 Å². The van der Waals surface area contributed by atoms with Gasteiger partial charge in [-0.05, 0) is 27.2 Å². The molecule has 2 aromatic rings. The Morgan fingerprint density at radius 1 is 1.37 bits per heavy atom. The quantitative estimate of drug-likeness (QED) is 0.789. The van der Waals surface area contributed by atoms with Crippen LogP contribution >= 0.6 is 0 Å². The highest BCUT2D eigenvalue weighted by atomic mass is 16.5. The molecule has 0 spiro atoms. The van der Waals surface area contributed by atoms with Crippen LogP contribution in [0.25, 0.3) is 0 Å². The van der Waals surface area contributed by atoms with Crippen molar-refractivity contribution in [1.29, 1.82) is 0 Å². The van der Waals surface area contributed by atoms with Crippen molar-refractivity contribution in [3.05, 3.63) is 33.9 Å². The lowest BCUT2D eigenvalue weighted by molar-refractivity contribution is -0.116. The lowest BCUT2D eigenvalue weighted by Crippen LogP contribution is -2.38. The van der Waals surface area contributed by atoms with Gasteiger partial charge in [0.2, 0.25) is 11.9 Å². The molecule has 1 fully saturated rings. The largest absolute Gasteiger partial charge is 0.378 e. The highest BCUT2D eigenvalue weighted by Gasteiger charge is 2.17. The van der Waals surface area contributed by atoms with E-state index in [0.717, 1.165) is 0 Å². The predicted molar refractivity (Wildman–Crippen MR) is 102 cm³/mol. The van der Waals surface area contributed by atoms with Crippen molar-refractivity contribution < 1.29 is 9.53 Å². The van der Waals surface area contributed by atoms with Crippen molar-refractivity contribution in [1.82, 2.24) is 19.7 Å². The molecular weight excluding hydrogens is 348 g/mol. The number of ether oxygens (including phenoxy) is 1. The molecule has 146 valence electrons. The van der Waals surface area contributed by atoms with Crippen LogP contribution in [0.1, 0.15) is 37.6 Å². The minimum atomic E-state index is -0.191. The molecule has 3 rings (SSSR count). The molecule has 9 heteroatoms. The number of nitrogens with one attached hydrogen (secondary N) is 2. The van der Waals surface area contributed by atoms with E-state index in [1.165, 1.54) is 0 Å². The molecule has 1 aliphatic heterocycles. The number of carbonyl (C=O) groups is 1. The van der Waals surface area contributed by atoms with E-state index in [0.29, 0.717) is 55.7 Å². The third kappa shape index (κ3) is 4.54. The molecule has 1 saturated heterocycles. The van der Waals surface area contributed by atoms with Gasteiger partial charge in [-0.3, -0.25) is 14.6 Å². The molecule has 0 bridgehead atoms. The average Bonchev–Trinajstić information content (AvgIpc) is 3.10. The first-order chi connectivity index (χ1) is 13.0. The highest BCUT2D eigenvalue weighted by molar-refractivity contribution is 5.90. The van der Waals surface area contributed by atoms with E-state index < -0.39 is 0 Å². The Morgan fingerprint density at radius 2 is 2.11 bits per heavy atom. The molecule has 9 nitrogen and oxygen atoms in total. The molecule has 27 heavy (non-hydrogen) atoms. The lowest BCUT2D eigenvalue weighted by atomic mass is 10.1. The SMILES string of the molecule is Cc1nc(N2CCOCC2)[nH]c(=O)c1CCC(=O)Nc1ccnn1C(C)C. The molecular formula is C18H26N6O3. The summed E-state index contributed by atoms with van der Waals surface area (Å²) in [6.45, 7) is 8.44. The van der Waals surface area contributed by atoms with Gasteiger partial charge in [-0.15, -0.1) is 0 Å². The predicted octanol–water partition coefficient (Wildman–Crippen LogP) is 1.26. The Bertz CT molecular complexity index is 851. The first-order valence-corrected chi connectivity index (χ1v) is 9.21. The molecule has 0 unspecified atom stereocenters. The van der Waals surface area contributed by atoms with Gasteiger partial charge in [0.1, 0.15) is 5.82 Å². The second-order valence-corrected chi connectivity index (χ2v) is 6.86. The number of anilines is 2. The zero-order chi connectivity index (χ0) is 19.4. The normalized spacial score (nSPS) is 14.6. The highest BCUT2D eigenvalue weighted by Crippen LogP contribution is 2.14. The molecule has 0 radical (unpaired) electrons. The van der Waals surface area contributed by atoms with E-state index in [-0.39, 0.29) is 23.9 Å². The summed E-state index contributed by atoms with van der Waals surface area (Å²) in [6, 6.07) is 1.91. The summed E-state index contributed by atoms with van der Waals surface area (Å²) in [7, 11) is 0. The minimum absolute atomic E-state index is 0.150. The Hall–Kier alpha value is -2.68. The van der Waals surface area contributed by atoms with Crippen LogP contribution in [0, 0.1) is 6.92 Å². The second kappa shape index (κ2) is 8.34. The van der Waals surface area contributed by atoms with Crippen molar-refractivity contribution in [2.24, 2.45) is 0 Å². The summed E-state index contributed by atoms with van der Waals surface area (Å²) in [5.41, 5.74) is 1.00. The number of aromatic nitrogens is 4. The number of nitrogens with zero attached hydrogens (tertiary/aromatic N) is 4. The third-order valence-corrected chi connectivity index (χ3v) is 4.55. The van der Waals surface area contributed by atoms with Gasteiger partial charge in [-0.2, -0.15) is 5.10 Å². The number of hydrogen-bond donors (Lipinski definition) is 2.